The smallest absolute Gasteiger partial charge is 0.237 e. The first-order chi connectivity index (χ1) is 6.91. The fraction of sp³-hybridized carbons (Fsp3) is 0.909. The molecule has 0 bridgehead atoms. The van der Waals surface area contributed by atoms with Crippen molar-refractivity contribution >= 4 is 18.3 Å². The van der Waals surface area contributed by atoms with E-state index in [2.05, 4.69) is 5.32 Å². The van der Waals surface area contributed by atoms with Crippen LogP contribution in [-0.4, -0.2) is 31.2 Å². The van der Waals surface area contributed by atoms with E-state index in [1.165, 1.54) is 0 Å². The van der Waals surface area contributed by atoms with Crippen LogP contribution in [0.15, 0.2) is 0 Å². The first kappa shape index (κ1) is 15.7. The van der Waals surface area contributed by atoms with Crippen LogP contribution in [0.25, 0.3) is 0 Å². The Morgan fingerprint density at radius 2 is 2.12 bits per heavy atom. The molecular formula is C11H23ClN2O2. The Morgan fingerprint density at radius 1 is 1.50 bits per heavy atom. The van der Waals surface area contributed by atoms with Gasteiger partial charge in [-0.1, -0.05) is 20.8 Å². The van der Waals surface area contributed by atoms with Crippen LogP contribution in [0, 0.1) is 5.41 Å². The molecule has 0 saturated carbocycles. The predicted octanol–water partition coefficient (Wildman–Crippen LogP) is 1.08. The van der Waals surface area contributed by atoms with Crippen molar-refractivity contribution in [3.05, 3.63) is 0 Å². The van der Waals surface area contributed by atoms with Crippen LogP contribution in [-0.2, 0) is 9.53 Å². The van der Waals surface area contributed by atoms with Gasteiger partial charge in [0.2, 0.25) is 5.91 Å². The van der Waals surface area contributed by atoms with Gasteiger partial charge in [0.05, 0.1) is 18.7 Å². The third kappa shape index (κ3) is 4.68. The number of ether oxygens (including phenoxy) is 1. The summed E-state index contributed by atoms with van der Waals surface area (Å²) in [6.45, 7) is 7.32. The summed E-state index contributed by atoms with van der Waals surface area (Å²) in [5.74, 6) is -0.0713. The standard InChI is InChI=1S/C11H22N2O2.ClH/c1-11(2,3)9(12)10(14)13-8-5-4-6-15-7-8;/h8-9H,4-7,12H2,1-3H3,(H,13,14);1H/t8?,9-;/m1./s1. The van der Waals surface area contributed by atoms with Crippen molar-refractivity contribution in [1.82, 2.24) is 5.32 Å². The van der Waals surface area contributed by atoms with Crippen molar-refractivity contribution in [2.75, 3.05) is 13.2 Å². The number of carbonyl (C=O) groups is 1. The first-order valence-electron chi connectivity index (χ1n) is 5.55. The average molecular weight is 251 g/mol. The maximum atomic E-state index is 11.8. The van der Waals surface area contributed by atoms with Gasteiger partial charge in [-0.3, -0.25) is 4.79 Å². The van der Waals surface area contributed by atoms with Gasteiger partial charge in [-0.2, -0.15) is 0 Å². The van der Waals surface area contributed by atoms with Gasteiger partial charge < -0.3 is 15.8 Å². The van der Waals surface area contributed by atoms with Crippen LogP contribution in [0.2, 0.25) is 0 Å². The molecule has 5 heteroatoms. The number of rotatable bonds is 2. The number of hydrogen-bond acceptors (Lipinski definition) is 3. The van der Waals surface area contributed by atoms with E-state index in [0.29, 0.717) is 6.61 Å². The normalized spacial score (nSPS) is 23.1. The van der Waals surface area contributed by atoms with Crippen molar-refractivity contribution in [3.8, 4) is 0 Å². The Labute approximate surface area is 104 Å². The Morgan fingerprint density at radius 3 is 2.56 bits per heavy atom. The van der Waals surface area contributed by atoms with E-state index >= 15 is 0 Å². The summed E-state index contributed by atoms with van der Waals surface area (Å²) in [5.41, 5.74) is 5.66. The lowest BCUT2D eigenvalue weighted by atomic mass is 9.86. The average Bonchev–Trinajstić information content (AvgIpc) is 2.16. The zero-order chi connectivity index (χ0) is 11.5. The van der Waals surface area contributed by atoms with Gasteiger partial charge in [-0.05, 0) is 18.3 Å². The lowest BCUT2D eigenvalue weighted by Gasteiger charge is -2.29. The molecule has 96 valence electrons. The van der Waals surface area contributed by atoms with Crippen molar-refractivity contribution in [3.63, 3.8) is 0 Å². The molecule has 1 heterocycles. The van der Waals surface area contributed by atoms with E-state index in [-0.39, 0.29) is 29.8 Å². The molecule has 1 rings (SSSR count). The zero-order valence-corrected chi connectivity index (χ0v) is 11.1. The van der Waals surface area contributed by atoms with E-state index in [1.807, 2.05) is 20.8 Å². The molecule has 0 aromatic carbocycles. The lowest BCUT2D eigenvalue weighted by molar-refractivity contribution is -0.126. The minimum Gasteiger partial charge on any atom is -0.379 e. The molecule has 4 nitrogen and oxygen atoms in total. The highest BCUT2D eigenvalue weighted by atomic mass is 35.5. The quantitative estimate of drug-likeness (QED) is 0.771. The first-order valence-corrected chi connectivity index (χ1v) is 5.55. The Kier molecular flexibility index (Phi) is 6.30. The molecule has 0 aromatic heterocycles. The van der Waals surface area contributed by atoms with Gasteiger partial charge in [-0.25, -0.2) is 0 Å². The SMILES string of the molecule is CC(C)(C)[C@H](N)C(=O)NC1CCCOC1.Cl. The number of amides is 1. The number of nitrogens with one attached hydrogen (secondary N) is 1. The van der Waals surface area contributed by atoms with Gasteiger partial charge in [0, 0.05) is 6.61 Å². The van der Waals surface area contributed by atoms with E-state index in [1.54, 1.807) is 0 Å². The second-order valence-electron chi connectivity index (χ2n) is 5.27. The number of nitrogens with two attached hydrogens (primary N) is 1. The maximum Gasteiger partial charge on any atom is 0.237 e. The highest BCUT2D eigenvalue weighted by molar-refractivity contribution is 5.85. The number of halogens is 1. The topological polar surface area (TPSA) is 64.4 Å². The van der Waals surface area contributed by atoms with Crippen LogP contribution < -0.4 is 11.1 Å². The fourth-order valence-electron chi connectivity index (χ4n) is 1.54. The summed E-state index contributed by atoms with van der Waals surface area (Å²) in [7, 11) is 0. The minimum atomic E-state index is -0.459. The molecule has 1 unspecified atom stereocenters. The molecule has 1 fully saturated rings. The summed E-state index contributed by atoms with van der Waals surface area (Å²) < 4.78 is 5.29. The Bertz CT molecular complexity index is 223. The molecule has 1 saturated heterocycles. The predicted molar refractivity (Wildman–Crippen MR) is 66.7 cm³/mol. The summed E-state index contributed by atoms with van der Waals surface area (Å²) in [6, 6.07) is -0.320. The van der Waals surface area contributed by atoms with Crippen molar-refractivity contribution < 1.29 is 9.53 Å². The highest BCUT2D eigenvalue weighted by Crippen LogP contribution is 2.17. The van der Waals surface area contributed by atoms with Gasteiger partial charge in [0.1, 0.15) is 0 Å². The molecule has 0 spiro atoms. The fourth-order valence-corrected chi connectivity index (χ4v) is 1.54. The van der Waals surface area contributed by atoms with Crippen molar-refractivity contribution in [2.24, 2.45) is 11.1 Å². The number of carbonyl (C=O) groups excluding carboxylic acids is 1. The molecule has 0 radical (unpaired) electrons. The summed E-state index contributed by atoms with van der Waals surface area (Å²) in [5, 5.41) is 2.94. The molecule has 0 aromatic rings. The Balaban J connectivity index is 0.00000225. The van der Waals surface area contributed by atoms with E-state index in [0.717, 1.165) is 19.4 Å². The van der Waals surface area contributed by atoms with Gasteiger partial charge in [-0.15, -0.1) is 12.4 Å². The largest absolute Gasteiger partial charge is 0.379 e. The molecule has 1 aliphatic rings. The molecular weight excluding hydrogens is 228 g/mol. The zero-order valence-electron chi connectivity index (χ0n) is 10.3. The molecule has 16 heavy (non-hydrogen) atoms. The lowest BCUT2D eigenvalue weighted by Crippen LogP contribution is -2.52. The number of hydrogen-bond donors (Lipinski definition) is 2. The molecule has 0 aliphatic carbocycles. The van der Waals surface area contributed by atoms with Crippen LogP contribution in [0.1, 0.15) is 33.6 Å². The summed E-state index contributed by atoms with van der Waals surface area (Å²) in [4.78, 5) is 11.8. The van der Waals surface area contributed by atoms with E-state index < -0.39 is 6.04 Å². The van der Waals surface area contributed by atoms with Gasteiger partial charge >= 0.3 is 0 Å². The molecule has 2 atom stereocenters. The van der Waals surface area contributed by atoms with Crippen molar-refractivity contribution in [1.29, 1.82) is 0 Å². The van der Waals surface area contributed by atoms with Gasteiger partial charge in [0.25, 0.3) is 0 Å². The van der Waals surface area contributed by atoms with Crippen LogP contribution in [0.4, 0.5) is 0 Å². The monoisotopic (exact) mass is 250 g/mol. The maximum absolute atomic E-state index is 11.8. The minimum absolute atomic E-state index is 0. The highest BCUT2D eigenvalue weighted by Gasteiger charge is 2.29. The summed E-state index contributed by atoms with van der Waals surface area (Å²) in [6.07, 6.45) is 2.00. The molecule has 1 amide bonds. The van der Waals surface area contributed by atoms with Crippen LogP contribution in [0.5, 0.6) is 0 Å². The van der Waals surface area contributed by atoms with E-state index in [4.69, 9.17) is 10.5 Å². The van der Waals surface area contributed by atoms with Gasteiger partial charge in [0.15, 0.2) is 0 Å². The van der Waals surface area contributed by atoms with Crippen LogP contribution in [0.3, 0.4) is 0 Å². The van der Waals surface area contributed by atoms with Crippen LogP contribution >= 0.6 is 12.4 Å². The third-order valence-corrected chi connectivity index (χ3v) is 2.72. The molecule has 3 N–H and O–H groups in total. The van der Waals surface area contributed by atoms with E-state index in [9.17, 15) is 4.79 Å². The van der Waals surface area contributed by atoms with Crippen molar-refractivity contribution in [2.45, 2.75) is 45.7 Å². The third-order valence-electron chi connectivity index (χ3n) is 2.72. The second-order valence-corrected chi connectivity index (χ2v) is 5.27. The molecule has 1 aliphatic heterocycles. The second kappa shape index (κ2) is 6.42. The Hall–Kier alpha value is -0.320. The summed E-state index contributed by atoms with van der Waals surface area (Å²) >= 11 is 0.